The van der Waals surface area contributed by atoms with Crippen molar-refractivity contribution in [2.75, 3.05) is 6.54 Å². The van der Waals surface area contributed by atoms with Crippen molar-refractivity contribution in [3.05, 3.63) is 16.1 Å². The molecule has 1 fully saturated rings. The van der Waals surface area contributed by atoms with E-state index in [9.17, 15) is 0 Å². The summed E-state index contributed by atoms with van der Waals surface area (Å²) in [5, 5.41) is 6.87. The van der Waals surface area contributed by atoms with Crippen molar-refractivity contribution in [2.24, 2.45) is 5.41 Å². The second-order valence-electron chi connectivity index (χ2n) is 4.71. The van der Waals surface area contributed by atoms with Gasteiger partial charge in [-0.2, -0.15) is 0 Å². The molecule has 1 aliphatic carbocycles. The minimum atomic E-state index is 0.653. The molecule has 1 heterocycles. The van der Waals surface area contributed by atoms with Gasteiger partial charge in [0, 0.05) is 18.5 Å². The van der Waals surface area contributed by atoms with Gasteiger partial charge in [-0.1, -0.05) is 13.3 Å². The molecule has 0 aliphatic heterocycles. The third-order valence-corrected chi connectivity index (χ3v) is 4.03. The molecule has 0 saturated heterocycles. The largest absolute Gasteiger partial charge is 0.311 e. The fourth-order valence-electron chi connectivity index (χ4n) is 2.17. The maximum absolute atomic E-state index is 4.45. The fraction of sp³-hybridized carbons (Fsp3) is 0.750. The Hall–Kier alpha value is -0.410. The normalized spacial score (nSPS) is 18.0. The third-order valence-electron chi connectivity index (χ3n) is 3.21. The Morgan fingerprint density at radius 2 is 2.33 bits per heavy atom. The molecule has 84 valence electrons. The van der Waals surface area contributed by atoms with Crippen LogP contribution in [0.25, 0.3) is 0 Å². The van der Waals surface area contributed by atoms with Crippen molar-refractivity contribution in [1.82, 2.24) is 10.3 Å². The van der Waals surface area contributed by atoms with Gasteiger partial charge in [-0.15, -0.1) is 11.3 Å². The summed E-state index contributed by atoms with van der Waals surface area (Å²) in [7, 11) is 0. The molecule has 0 bridgehead atoms. The van der Waals surface area contributed by atoms with Gasteiger partial charge in [0.25, 0.3) is 0 Å². The summed E-state index contributed by atoms with van der Waals surface area (Å²) in [6.07, 6.45) is 5.54. The van der Waals surface area contributed by atoms with Gasteiger partial charge in [0.1, 0.15) is 0 Å². The van der Waals surface area contributed by atoms with Crippen LogP contribution in [0.1, 0.15) is 43.3 Å². The van der Waals surface area contributed by atoms with E-state index in [1.165, 1.54) is 42.9 Å². The van der Waals surface area contributed by atoms with Gasteiger partial charge in [0.2, 0.25) is 0 Å². The molecular weight excluding hydrogens is 204 g/mol. The summed E-state index contributed by atoms with van der Waals surface area (Å²) in [6, 6.07) is 0. The molecule has 1 aromatic rings. The summed E-state index contributed by atoms with van der Waals surface area (Å²) < 4.78 is 0. The average Bonchev–Trinajstić information content (AvgIpc) is 2.83. The molecule has 15 heavy (non-hydrogen) atoms. The second-order valence-corrected chi connectivity index (χ2v) is 5.77. The van der Waals surface area contributed by atoms with Crippen molar-refractivity contribution in [3.63, 3.8) is 0 Å². The Kier molecular flexibility index (Phi) is 3.42. The van der Waals surface area contributed by atoms with Crippen LogP contribution in [0.3, 0.4) is 0 Å². The van der Waals surface area contributed by atoms with E-state index in [1.54, 1.807) is 11.3 Å². The Balaban J connectivity index is 1.71. The zero-order valence-electron chi connectivity index (χ0n) is 9.68. The number of aryl methyl sites for hydroxylation is 1. The Bertz CT molecular complexity index is 315. The lowest BCUT2D eigenvalue weighted by molar-refractivity contribution is 0.420. The Morgan fingerprint density at radius 1 is 1.53 bits per heavy atom. The minimum Gasteiger partial charge on any atom is -0.311 e. The number of hydrogen-bond acceptors (Lipinski definition) is 3. The zero-order valence-corrected chi connectivity index (χ0v) is 10.5. The van der Waals surface area contributed by atoms with Gasteiger partial charge < -0.3 is 5.32 Å². The highest BCUT2D eigenvalue weighted by Gasteiger charge is 2.40. The van der Waals surface area contributed by atoms with E-state index in [0.29, 0.717) is 5.41 Å². The average molecular weight is 224 g/mol. The lowest BCUT2D eigenvalue weighted by Crippen LogP contribution is -2.23. The number of nitrogens with zero attached hydrogens (tertiary/aromatic N) is 1. The summed E-state index contributed by atoms with van der Waals surface area (Å²) >= 11 is 1.74. The van der Waals surface area contributed by atoms with Crippen molar-refractivity contribution in [2.45, 2.75) is 46.1 Å². The number of aromatic nitrogens is 1. The summed E-state index contributed by atoms with van der Waals surface area (Å²) in [5.74, 6) is 0. The highest BCUT2D eigenvalue weighted by atomic mass is 32.1. The van der Waals surface area contributed by atoms with Crippen LogP contribution in [0.2, 0.25) is 0 Å². The van der Waals surface area contributed by atoms with Gasteiger partial charge in [0.15, 0.2) is 0 Å². The van der Waals surface area contributed by atoms with Gasteiger partial charge in [-0.3, -0.25) is 0 Å². The lowest BCUT2D eigenvalue weighted by Gasteiger charge is -2.13. The smallest absolute Gasteiger partial charge is 0.0897 e. The van der Waals surface area contributed by atoms with E-state index in [1.807, 2.05) is 0 Å². The molecule has 0 aromatic carbocycles. The summed E-state index contributed by atoms with van der Waals surface area (Å²) in [5.41, 5.74) is 1.85. The molecule has 0 spiro atoms. The monoisotopic (exact) mass is 224 g/mol. The highest BCUT2D eigenvalue weighted by molar-refractivity contribution is 7.09. The van der Waals surface area contributed by atoms with Crippen molar-refractivity contribution in [3.8, 4) is 0 Å². The van der Waals surface area contributed by atoms with Gasteiger partial charge in [-0.05, 0) is 31.6 Å². The molecule has 0 amide bonds. The zero-order chi connectivity index (χ0) is 10.7. The quantitative estimate of drug-likeness (QED) is 0.803. The first kappa shape index (κ1) is 11.1. The number of hydrogen-bond donors (Lipinski definition) is 1. The van der Waals surface area contributed by atoms with Crippen LogP contribution in [-0.2, 0) is 6.54 Å². The first-order valence-corrected chi connectivity index (χ1v) is 6.74. The van der Waals surface area contributed by atoms with Crippen molar-refractivity contribution < 1.29 is 0 Å². The maximum atomic E-state index is 4.45. The Morgan fingerprint density at radius 3 is 2.87 bits per heavy atom. The standard InChI is InChI=1S/C12H20N2S/c1-3-4-12(5-6-12)9-13-7-11-8-15-10(2)14-11/h8,13H,3-7,9H2,1-2H3. The lowest BCUT2D eigenvalue weighted by atomic mass is 10.0. The first-order chi connectivity index (χ1) is 7.24. The first-order valence-electron chi connectivity index (χ1n) is 5.86. The molecule has 0 radical (unpaired) electrons. The van der Waals surface area contributed by atoms with Crippen LogP contribution in [0.5, 0.6) is 0 Å². The summed E-state index contributed by atoms with van der Waals surface area (Å²) in [6.45, 7) is 6.46. The van der Waals surface area contributed by atoms with Crippen LogP contribution in [-0.4, -0.2) is 11.5 Å². The van der Waals surface area contributed by atoms with Gasteiger partial charge in [-0.25, -0.2) is 4.98 Å². The predicted octanol–water partition coefficient (Wildman–Crippen LogP) is 3.12. The number of thiazole rings is 1. The van der Waals surface area contributed by atoms with E-state index in [2.05, 4.69) is 29.5 Å². The van der Waals surface area contributed by atoms with E-state index in [4.69, 9.17) is 0 Å². The molecule has 0 unspecified atom stereocenters. The molecule has 2 nitrogen and oxygen atoms in total. The van der Waals surface area contributed by atoms with Crippen LogP contribution < -0.4 is 5.32 Å². The van der Waals surface area contributed by atoms with E-state index in [-0.39, 0.29) is 0 Å². The molecule has 0 atom stereocenters. The van der Waals surface area contributed by atoms with Crippen molar-refractivity contribution >= 4 is 11.3 Å². The topological polar surface area (TPSA) is 24.9 Å². The van der Waals surface area contributed by atoms with E-state index >= 15 is 0 Å². The maximum Gasteiger partial charge on any atom is 0.0897 e. The fourth-order valence-corrected chi connectivity index (χ4v) is 2.78. The second kappa shape index (κ2) is 4.62. The van der Waals surface area contributed by atoms with Gasteiger partial charge >= 0.3 is 0 Å². The Labute approximate surface area is 96.1 Å². The minimum absolute atomic E-state index is 0.653. The molecule has 3 heteroatoms. The van der Waals surface area contributed by atoms with E-state index in [0.717, 1.165) is 6.54 Å². The summed E-state index contributed by atoms with van der Waals surface area (Å²) in [4.78, 5) is 4.45. The molecular formula is C12H20N2S. The number of rotatable bonds is 6. The highest BCUT2D eigenvalue weighted by Crippen LogP contribution is 2.48. The van der Waals surface area contributed by atoms with Crippen LogP contribution in [0.15, 0.2) is 5.38 Å². The molecule has 1 aromatic heterocycles. The van der Waals surface area contributed by atoms with Crippen LogP contribution in [0.4, 0.5) is 0 Å². The molecule has 1 N–H and O–H groups in total. The SMILES string of the molecule is CCCC1(CNCc2csc(C)n2)CC1. The van der Waals surface area contributed by atoms with Crippen LogP contribution >= 0.6 is 11.3 Å². The number of nitrogens with one attached hydrogen (secondary N) is 1. The van der Waals surface area contributed by atoms with Crippen LogP contribution in [0, 0.1) is 12.3 Å². The molecule has 2 rings (SSSR count). The van der Waals surface area contributed by atoms with Crippen molar-refractivity contribution in [1.29, 1.82) is 0 Å². The van der Waals surface area contributed by atoms with Gasteiger partial charge in [0.05, 0.1) is 10.7 Å². The molecule has 1 aliphatic rings. The third kappa shape index (κ3) is 3.02. The molecule has 1 saturated carbocycles. The van der Waals surface area contributed by atoms with E-state index < -0.39 is 0 Å². The predicted molar refractivity (Wildman–Crippen MR) is 65.1 cm³/mol.